The topological polar surface area (TPSA) is 68.2 Å². The van der Waals surface area contributed by atoms with Gasteiger partial charge in [-0.05, 0) is 44.9 Å². The normalized spacial score (nSPS) is 31.0. The number of ether oxygens (including phenoxy) is 1. The number of amides is 1. The quantitative estimate of drug-likeness (QED) is 0.827. The van der Waals surface area contributed by atoms with Crippen molar-refractivity contribution in [1.82, 2.24) is 20.4 Å². The van der Waals surface area contributed by atoms with E-state index in [0.717, 1.165) is 43.9 Å². The van der Waals surface area contributed by atoms with Gasteiger partial charge in [-0.2, -0.15) is 5.10 Å². The summed E-state index contributed by atoms with van der Waals surface area (Å²) in [6, 6.07) is 0.181. The number of hydrogen-bond donors (Lipinski definition) is 2. The summed E-state index contributed by atoms with van der Waals surface area (Å²) in [5, 5.41) is 10.9. The van der Waals surface area contributed by atoms with E-state index in [2.05, 4.69) is 22.7 Å². The molecule has 0 unspecified atom stereocenters. The van der Waals surface area contributed by atoms with Gasteiger partial charge in [0.2, 0.25) is 5.91 Å². The molecule has 2 heterocycles. The molecule has 3 atom stereocenters. The number of aryl methyl sites for hydroxylation is 1. The van der Waals surface area contributed by atoms with Gasteiger partial charge in [0.05, 0.1) is 18.3 Å². The van der Waals surface area contributed by atoms with Gasteiger partial charge in [-0.3, -0.25) is 9.48 Å². The highest BCUT2D eigenvalue weighted by Gasteiger charge is 2.31. The van der Waals surface area contributed by atoms with E-state index in [1.54, 1.807) is 0 Å². The van der Waals surface area contributed by atoms with Crippen LogP contribution in [0.15, 0.2) is 12.4 Å². The Hall–Kier alpha value is -1.40. The number of aromatic nitrogens is 2. The highest BCUT2D eigenvalue weighted by Crippen LogP contribution is 2.33. The molecule has 1 aromatic heterocycles. The lowest BCUT2D eigenvalue weighted by atomic mass is 9.87. The predicted octanol–water partition coefficient (Wildman–Crippen LogP) is 2.17. The van der Waals surface area contributed by atoms with Crippen LogP contribution in [-0.2, 0) is 16.6 Å². The van der Waals surface area contributed by atoms with Crippen molar-refractivity contribution in [2.45, 2.75) is 64.1 Å². The summed E-state index contributed by atoms with van der Waals surface area (Å²) in [6.45, 7) is 5.81. The second-order valence-corrected chi connectivity index (χ2v) is 7.88. The van der Waals surface area contributed by atoms with E-state index in [1.807, 2.05) is 31.0 Å². The molecule has 3 rings (SSSR count). The summed E-state index contributed by atoms with van der Waals surface area (Å²) in [7, 11) is 1.92. The first-order valence-corrected chi connectivity index (χ1v) is 9.67. The lowest BCUT2D eigenvalue weighted by Gasteiger charge is -2.28. The molecule has 0 spiro atoms. The molecule has 2 aliphatic rings. The molecule has 1 saturated carbocycles. The standard InChI is InChI=1S/C19H32N4O2/c1-13-4-6-17(7-5-13)22-19(24)14(2)20-10-15-8-9-25-18(15)16-11-21-23(3)12-16/h11-15,17-18,20H,4-10H2,1-3H3,(H,22,24)/t13?,14-,15+,17?,18+/m0/s1. The monoisotopic (exact) mass is 348 g/mol. The van der Waals surface area contributed by atoms with E-state index in [1.165, 1.54) is 12.8 Å². The summed E-state index contributed by atoms with van der Waals surface area (Å²) in [4.78, 5) is 12.4. The Labute approximate surface area is 150 Å². The number of carbonyl (C=O) groups is 1. The number of carbonyl (C=O) groups excluding carboxylic acids is 1. The van der Waals surface area contributed by atoms with Gasteiger partial charge in [-0.1, -0.05) is 6.92 Å². The lowest BCUT2D eigenvalue weighted by Crippen LogP contribution is -2.48. The van der Waals surface area contributed by atoms with Crippen LogP contribution in [0.4, 0.5) is 0 Å². The predicted molar refractivity (Wildman–Crippen MR) is 97.0 cm³/mol. The number of nitrogens with one attached hydrogen (secondary N) is 2. The largest absolute Gasteiger partial charge is 0.373 e. The fourth-order valence-electron chi connectivity index (χ4n) is 3.95. The van der Waals surface area contributed by atoms with Crippen molar-refractivity contribution >= 4 is 5.91 Å². The first-order valence-electron chi connectivity index (χ1n) is 9.67. The van der Waals surface area contributed by atoms with Gasteiger partial charge >= 0.3 is 0 Å². The summed E-state index contributed by atoms with van der Waals surface area (Å²) in [5.74, 6) is 1.31. The number of hydrogen-bond acceptors (Lipinski definition) is 4. The molecular weight excluding hydrogens is 316 g/mol. The van der Waals surface area contributed by atoms with E-state index < -0.39 is 0 Å². The Morgan fingerprint density at radius 1 is 1.36 bits per heavy atom. The van der Waals surface area contributed by atoms with Crippen LogP contribution in [0.1, 0.15) is 57.6 Å². The van der Waals surface area contributed by atoms with Gasteiger partial charge in [0.1, 0.15) is 0 Å². The van der Waals surface area contributed by atoms with Crippen LogP contribution in [0.3, 0.4) is 0 Å². The summed E-state index contributed by atoms with van der Waals surface area (Å²) >= 11 is 0. The summed E-state index contributed by atoms with van der Waals surface area (Å²) < 4.78 is 7.70. The highest BCUT2D eigenvalue weighted by atomic mass is 16.5. The van der Waals surface area contributed by atoms with E-state index in [9.17, 15) is 4.79 Å². The molecule has 140 valence electrons. The van der Waals surface area contributed by atoms with Crippen LogP contribution in [-0.4, -0.2) is 40.9 Å². The smallest absolute Gasteiger partial charge is 0.237 e. The van der Waals surface area contributed by atoms with E-state index >= 15 is 0 Å². The van der Waals surface area contributed by atoms with Crippen molar-refractivity contribution in [2.24, 2.45) is 18.9 Å². The van der Waals surface area contributed by atoms with Crippen molar-refractivity contribution in [2.75, 3.05) is 13.2 Å². The maximum Gasteiger partial charge on any atom is 0.237 e. The maximum absolute atomic E-state index is 12.4. The molecule has 0 bridgehead atoms. The zero-order chi connectivity index (χ0) is 17.8. The molecule has 6 heteroatoms. The summed E-state index contributed by atoms with van der Waals surface area (Å²) in [6.07, 6.45) is 9.65. The Morgan fingerprint density at radius 2 is 2.12 bits per heavy atom. The SMILES string of the molecule is CC1CCC(NC(=O)[C@H](C)NC[C@H]2CCO[C@H]2c2cnn(C)c2)CC1. The molecular formula is C19H32N4O2. The van der Waals surface area contributed by atoms with Crippen LogP contribution in [0.2, 0.25) is 0 Å². The van der Waals surface area contributed by atoms with Crippen LogP contribution in [0.5, 0.6) is 0 Å². The molecule has 2 N–H and O–H groups in total. The van der Waals surface area contributed by atoms with Crippen molar-refractivity contribution in [3.8, 4) is 0 Å². The molecule has 0 radical (unpaired) electrons. The van der Waals surface area contributed by atoms with Gasteiger partial charge in [0.25, 0.3) is 0 Å². The van der Waals surface area contributed by atoms with Crippen LogP contribution in [0, 0.1) is 11.8 Å². The fourth-order valence-corrected chi connectivity index (χ4v) is 3.95. The first kappa shape index (κ1) is 18.4. The molecule has 1 aromatic rings. The van der Waals surface area contributed by atoms with Gasteiger partial charge in [0.15, 0.2) is 0 Å². The highest BCUT2D eigenvalue weighted by molar-refractivity contribution is 5.81. The van der Waals surface area contributed by atoms with E-state index in [0.29, 0.717) is 12.0 Å². The van der Waals surface area contributed by atoms with Crippen molar-refractivity contribution in [1.29, 1.82) is 0 Å². The van der Waals surface area contributed by atoms with Crippen LogP contribution in [0.25, 0.3) is 0 Å². The van der Waals surface area contributed by atoms with Gasteiger partial charge < -0.3 is 15.4 Å². The number of rotatable bonds is 6. The van der Waals surface area contributed by atoms with Crippen molar-refractivity contribution in [3.05, 3.63) is 18.0 Å². The molecule has 1 amide bonds. The summed E-state index contributed by atoms with van der Waals surface area (Å²) in [5.41, 5.74) is 1.13. The zero-order valence-electron chi connectivity index (χ0n) is 15.7. The number of nitrogens with zero attached hydrogens (tertiary/aromatic N) is 2. The first-order chi connectivity index (χ1) is 12.0. The third-order valence-corrected chi connectivity index (χ3v) is 5.71. The van der Waals surface area contributed by atoms with Gasteiger partial charge in [0, 0.05) is 43.9 Å². The van der Waals surface area contributed by atoms with Crippen LogP contribution < -0.4 is 10.6 Å². The van der Waals surface area contributed by atoms with Crippen molar-refractivity contribution in [3.63, 3.8) is 0 Å². The van der Waals surface area contributed by atoms with E-state index in [-0.39, 0.29) is 18.1 Å². The Morgan fingerprint density at radius 3 is 2.80 bits per heavy atom. The lowest BCUT2D eigenvalue weighted by molar-refractivity contribution is -0.123. The molecule has 1 saturated heterocycles. The molecule has 1 aliphatic carbocycles. The zero-order valence-corrected chi connectivity index (χ0v) is 15.7. The molecule has 0 aromatic carbocycles. The van der Waals surface area contributed by atoms with Crippen LogP contribution >= 0.6 is 0 Å². The fraction of sp³-hybridized carbons (Fsp3) is 0.789. The third kappa shape index (κ3) is 4.82. The van der Waals surface area contributed by atoms with Crippen molar-refractivity contribution < 1.29 is 9.53 Å². The Kier molecular flexibility index (Phi) is 6.12. The molecule has 2 fully saturated rings. The maximum atomic E-state index is 12.4. The Balaban J connectivity index is 1.44. The van der Waals surface area contributed by atoms with Gasteiger partial charge in [-0.15, -0.1) is 0 Å². The minimum absolute atomic E-state index is 0.0799. The van der Waals surface area contributed by atoms with Gasteiger partial charge in [-0.25, -0.2) is 0 Å². The molecule has 1 aliphatic heterocycles. The third-order valence-electron chi connectivity index (χ3n) is 5.71. The second-order valence-electron chi connectivity index (χ2n) is 7.88. The molecule has 25 heavy (non-hydrogen) atoms. The minimum atomic E-state index is -0.172. The average molecular weight is 348 g/mol. The Bertz CT molecular complexity index is 566. The molecule has 6 nitrogen and oxygen atoms in total. The van der Waals surface area contributed by atoms with E-state index in [4.69, 9.17) is 4.74 Å². The minimum Gasteiger partial charge on any atom is -0.373 e. The average Bonchev–Trinajstić information content (AvgIpc) is 3.23. The second kappa shape index (κ2) is 8.32.